The summed E-state index contributed by atoms with van der Waals surface area (Å²) in [7, 11) is 0. The van der Waals surface area contributed by atoms with Crippen LogP contribution in [-0.2, 0) is 12.4 Å². The van der Waals surface area contributed by atoms with E-state index >= 15 is 0 Å². The van der Waals surface area contributed by atoms with Gasteiger partial charge in [0.2, 0.25) is 0 Å². The van der Waals surface area contributed by atoms with Crippen LogP contribution >= 0.6 is 0 Å². The molecular formula is C14H8F6N2O2. The number of carbonyl (C=O) groups is 1. The first kappa shape index (κ1) is 17.6. The van der Waals surface area contributed by atoms with Crippen LogP contribution in [0, 0.1) is 0 Å². The van der Waals surface area contributed by atoms with E-state index < -0.39 is 46.5 Å². The summed E-state index contributed by atoms with van der Waals surface area (Å²) < 4.78 is 76.4. The highest BCUT2D eigenvalue weighted by Crippen LogP contribution is 2.36. The molecule has 1 amide bonds. The molecule has 2 aromatic rings. The lowest BCUT2D eigenvalue weighted by Gasteiger charge is -2.14. The van der Waals surface area contributed by atoms with Crippen LogP contribution in [0.4, 0.5) is 32.2 Å². The molecule has 2 N–H and O–H groups in total. The zero-order valence-corrected chi connectivity index (χ0v) is 11.5. The molecule has 0 saturated heterocycles. The van der Waals surface area contributed by atoms with Crippen LogP contribution in [0.25, 0.3) is 0 Å². The first-order valence-corrected chi connectivity index (χ1v) is 6.23. The molecule has 0 radical (unpaired) electrons. The predicted molar refractivity (Wildman–Crippen MR) is 70.3 cm³/mol. The molecule has 128 valence electrons. The third-order valence-corrected chi connectivity index (χ3v) is 2.87. The summed E-state index contributed by atoms with van der Waals surface area (Å²) in [6.07, 6.45) is -8.96. The van der Waals surface area contributed by atoms with E-state index in [0.29, 0.717) is 0 Å². The lowest BCUT2D eigenvalue weighted by atomic mass is 10.0. The van der Waals surface area contributed by atoms with Crippen LogP contribution in [0.2, 0.25) is 0 Å². The van der Waals surface area contributed by atoms with Crippen LogP contribution in [-0.4, -0.2) is 16.0 Å². The minimum atomic E-state index is -5.07. The van der Waals surface area contributed by atoms with Crippen LogP contribution in [0.1, 0.15) is 21.5 Å². The standard InChI is InChI=1S/C14H8F6N2O2/c15-13(16,17)8-4-7(5-9(6-8)14(18,19)20)12(24)22-11-10(23)2-1-3-21-11/h1-6,23H,(H,21,22,24). The van der Waals surface area contributed by atoms with Gasteiger partial charge in [-0.3, -0.25) is 4.79 Å². The quantitative estimate of drug-likeness (QED) is 0.803. The number of carbonyl (C=O) groups excluding carboxylic acids is 1. The van der Waals surface area contributed by atoms with Crippen molar-refractivity contribution in [2.45, 2.75) is 12.4 Å². The molecule has 10 heteroatoms. The zero-order chi connectivity index (χ0) is 18.1. The number of nitrogens with one attached hydrogen (secondary N) is 1. The summed E-state index contributed by atoms with van der Waals surface area (Å²) in [6, 6.07) is 2.93. The van der Waals surface area contributed by atoms with E-state index in [1.54, 1.807) is 0 Å². The maximum atomic E-state index is 12.7. The van der Waals surface area contributed by atoms with Crippen LogP contribution < -0.4 is 5.32 Å². The molecule has 0 unspecified atom stereocenters. The summed E-state index contributed by atoms with van der Waals surface area (Å²) in [5, 5.41) is 11.4. The van der Waals surface area contributed by atoms with Gasteiger partial charge >= 0.3 is 12.4 Å². The van der Waals surface area contributed by atoms with Crippen molar-refractivity contribution in [3.8, 4) is 5.75 Å². The summed E-state index contributed by atoms with van der Waals surface area (Å²) in [6.45, 7) is 0. The van der Waals surface area contributed by atoms with Gasteiger partial charge < -0.3 is 10.4 Å². The fourth-order valence-electron chi connectivity index (χ4n) is 1.76. The van der Waals surface area contributed by atoms with Gasteiger partial charge in [0.1, 0.15) is 0 Å². The second-order valence-corrected chi connectivity index (χ2v) is 4.62. The fourth-order valence-corrected chi connectivity index (χ4v) is 1.76. The van der Waals surface area contributed by atoms with E-state index in [1.165, 1.54) is 12.3 Å². The van der Waals surface area contributed by atoms with Crippen molar-refractivity contribution in [1.82, 2.24) is 4.98 Å². The first-order valence-electron chi connectivity index (χ1n) is 6.23. The molecule has 1 aromatic carbocycles. The lowest BCUT2D eigenvalue weighted by molar-refractivity contribution is -0.143. The molecule has 4 nitrogen and oxygen atoms in total. The zero-order valence-electron chi connectivity index (χ0n) is 11.5. The molecule has 0 spiro atoms. The van der Waals surface area contributed by atoms with Gasteiger partial charge in [-0.15, -0.1) is 0 Å². The van der Waals surface area contributed by atoms with Crippen molar-refractivity contribution in [3.63, 3.8) is 0 Å². The Hall–Kier alpha value is -2.78. The molecule has 2 rings (SSSR count). The molecule has 0 saturated carbocycles. The second kappa shape index (κ2) is 6.02. The van der Waals surface area contributed by atoms with Crippen molar-refractivity contribution in [2.75, 3.05) is 5.32 Å². The van der Waals surface area contributed by atoms with Crippen LogP contribution in [0.3, 0.4) is 0 Å². The summed E-state index contributed by atoms with van der Waals surface area (Å²) in [5.41, 5.74) is -4.11. The summed E-state index contributed by atoms with van der Waals surface area (Å²) in [4.78, 5) is 15.5. The van der Waals surface area contributed by atoms with Gasteiger partial charge in [0, 0.05) is 11.8 Å². The Morgan fingerprint density at radius 1 is 1.00 bits per heavy atom. The number of nitrogens with zero attached hydrogens (tertiary/aromatic N) is 1. The summed E-state index contributed by atoms with van der Waals surface area (Å²) >= 11 is 0. The van der Waals surface area contributed by atoms with Crippen LogP contribution in [0.5, 0.6) is 5.75 Å². The van der Waals surface area contributed by atoms with Gasteiger partial charge in [0.15, 0.2) is 11.6 Å². The number of rotatable bonds is 2. The Labute approximate surface area is 130 Å². The maximum absolute atomic E-state index is 12.7. The average Bonchev–Trinajstić information content (AvgIpc) is 2.47. The smallest absolute Gasteiger partial charge is 0.416 e. The van der Waals surface area contributed by atoms with E-state index in [-0.39, 0.29) is 18.2 Å². The lowest BCUT2D eigenvalue weighted by Crippen LogP contribution is -2.17. The van der Waals surface area contributed by atoms with Gasteiger partial charge in [-0.05, 0) is 30.3 Å². The third kappa shape index (κ3) is 3.94. The van der Waals surface area contributed by atoms with Gasteiger partial charge in [0.05, 0.1) is 11.1 Å². The summed E-state index contributed by atoms with van der Waals surface area (Å²) in [5.74, 6) is -2.16. The van der Waals surface area contributed by atoms with Gasteiger partial charge in [-0.2, -0.15) is 26.3 Å². The molecule has 0 fully saturated rings. The fraction of sp³-hybridized carbons (Fsp3) is 0.143. The molecule has 0 aliphatic carbocycles. The largest absolute Gasteiger partial charge is 0.504 e. The molecule has 1 aromatic heterocycles. The van der Waals surface area contributed by atoms with E-state index in [9.17, 15) is 36.2 Å². The Morgan fingerprint density at radius 3 is 2.00 bits per heavy atom. The molecule has 24 heavy (non-hydrogen) atoms. The van der Waals surface area contributed by atoms with Crippen LogP contribution in [0.15, 0.2) is 36.5 Å². The minimum absolute atomic E-state index is 0.0883. The molecule has 0 atom stereocenters. The van der Waals surface area contributed by atoms with Gasteiger partial charge in [-0.25, -0.2) is 4.98 Å². The number of pyridine rings is 1. The number of halogens is 6. The van der Waals surface area contributed by atoms with Crippen molar-refractivity contribution < 1.29 is 36.2 Å². The molecule has 0 aliphatic heterocycles. The SMILES string of the molecule is O=C(Nc1ncccc1O)c1cc(C(F)(F)F)cc(C(F)(F)F)c1. The molecule has 0 bridgehead atoms. The molecule has 0 aliphatic rings. The van der Waals surface area contributed by atoms with Crippen molar-refractivity contribution in [1.29, 1.82) is 0 Å². The highest BCUT2D eigenvalue weighted by atomic mass is 19.4. The third-order valence-electron chi connectivity index (χ3n) is 2.87. The Bertz CT molecular complexity index is 738. The molecular weight excluding hydrogens is 342 g/mol. The Kier molecular flexibility index (Phi) is 4.41. The monoisotopic (exact) mass is 350 g/mol. The van der Waals surface area contributed by atoms with E-state index in [2.05, 4.69) is 4.98 Å². The average molecular weight is 350 g/mol. The topological polar surface area (TPSA) is 62.2 Å². The normalized spacial score (nSPS) is 12.1. The Balaban J connectivity index is 2.45. The van der Waals surface area contributed by atoms with E-state index in [0.717, 1.165) is 6.07 Å². The number of hydrogen-bond acceptors (Lipinski definition) is 3. The van der Waals surface area contributed by atoms with E-state index in [4.69, 9.17) is 0 Å². The number of aromatic hydroxyl groups is 1. The number of anilines is 1. The second-order valence-electron chi connectivity index (χ2n) is 4.62. The number of aromatic nitrogens is 1. The first-order chi connectivity index (χ1) is 11.0. The van der Waals surface area contributed by atoms with Crippen molar-refractivity contribution in [3.05, 3.63) is 53.2 Å². The highest BCUT2D eigenvalue weighted by Gasteiger charge is 2.37. The number of hydrogen-bond donors (Lipinski definition) is 2. The molecule has 1 heterocycles. The van der Waals surface area contributed by atoms with Crippen molar-refractivity contribution >= 4 is 11.7 Å². The van der Waals surface area contributed by atoms with E-state index in [1.807, 2.05) is 5.32 Å². The van der Waals surface area contributed by atoms with Crippen molar-refractivity contribution in [2.24, 2.45) is 0 Å². The maximum Gasteiger partial charge on any atom is 0.416 e. The van der Waals surface area contributed by atoms with Gasteiger partial charge in [-0.1, -0.05) is 0 Å². The Morgan fingerprint density at radius 2 is 1.54 bits per heavy atom. The highest BCUT2D eigenvalue weighted by molar-refractivity contribution is 6.04. The van der Waals surface area contributed by atoms with Gasteiger partial charge in [0.25, 0.3) is 5.91 Å². The number of alkyl halides is 6. The number of amides is 1. The minimum Gasteiger partial charge on any atom is -0.504 e. The number of benzene rings is 1. The predicted octanol–water partition coefficient (Wildman–Crippen LogP) is 4.08.